The molecule has 0 radical (unpaired) electrons. The van der Waals surface area contributed by atoms with E-state index in [1.807, 2.05) is 24.3 Å². The van der Waals surface area contributed by atoms with E-state index in [9.17, 15) is 9.90 Å². The Kier molecular flexibility index (Phi) is 2.23. The minimum absolute atomic E-state index is 0.103. The molecule has 0 aliphatic heterocycles. The first-order valence-electron chi connectivity index (χ1n) is 6.13. The maximum Gasteiger partial charge on any atom is 0.233 e. The average Bonchev–Trinajstić information content (AvgIpc) is 2.32. The summed E-state index contributed by atoms with van der Waals surface area (Å²) in [6.07, 6.45) is 1.85. The predicted octanol–water partition coefficient (Wildman–Crippen LogP) is 1.57. The maximum atomic E-state index is 12.4. The summed E-state index contributed by atoms with van der Waals surface area (Å²) in [5.74, 6) is 0.843. The molecular formula is C14H17NO3. The number of rotatable bonds is 3. The minimum atomic E-state index is -0.537. The molecule has 3 aliphatic carbocycles. The van der Waals surface area contributed by atoms with Crippen LogP contribution in [0.2, 0.25) is 0 Å². The van der Waals surface area contributed by atoms with Gasteiger partial charge in [-0.3, -0.25) is 4.79 Å². The Bertz CT molecular complexity index is 492. The number of carbonyl (C=O) groups is 1. The summed E-state index contributed by atoms with van der Waals surface area (Å²) in [4.78, 5) is 14.1. The van der Waals surface area contributed by atoms with Gasteiger partial charge in [0.05, 0.1) is 18.1 Å². The number of nitrogens with zero attached hydrogens (tertiary/aromatic N) is 1. The molecule has 3 aliphatic rings. The highest BCUT2D eigenvalue weighted by Crippen LogP contribution is 2.67. The lowest BCUT2D eigenvalue weighted by molar-refractivity contribution is -0.248. The van der Waals surface area contributed by atoms with Crippen molar-refractivity contribution in [3.8, 4) is 5.75 Å². The van der Waals surface area contributed by atoms with Crippen LogP contribution in [0.15, 0.2) is 24.3 Å². The van der Waals surface area contributed by atoms with Gasteiger partial charge in [0.1, 0.15) is 5.75 Å². The van der Waals surface area contributed by atoms with Crippen LogP contribution in [-0.2, 0) is 4.79 Å². The molecular weight excluding hydrogens is 230 g/mol. The molecule has 0 saturated heterocycles. The molecule has 3 fully saturated rings. The molecule has 1 amide bonds. The van der Waals surface area contributed by atoms with Crippen LogP contribution < -0.4 is 9.64 Å². The van der Waals surface area contributed by atoms with Crippen LogP contribution in [0.25, 0.3) is 0 Å². The molecule has 18 heavy (non-hydrogen) atoms. The van der Waals surface area contributed by atoms with Crippen LogP contribution in [0, 0.1) is 5.41 Å². The van der Waals surface area contributed by atoms with Crippen LogP contribution in [-0.4, -0.2) is 30.8 Å². The number of anilines is 1. The number of methoxy groups -OCH3 is 1. The van der Waals surface area contributed by atoms with E-state index in [0.29, 0.717) is 19.3 Å². The van der Waals surface area contributed by atoms with Gasteiger partial charge in [-0.25, -0.2) is 0 Å². The Morgan fingerprint density at radius 1 is 1.39 bits per heavy atom. The van der Waals surface area contributed by atoms with Gasteiger partial charge in [0.2, 0.25) is 5.91 Å². The molecule has 0 atom stereocenters. The summed E-state index contributed by atoms with van der Waals surface area (Å²) in [6, 6.07) is 7.46. The first-order valence-corrected chi connectivity index (χ1v) is 6.13. The lowest BCUT2D eigenvalue weighted by atomic mass is 9.41. The van der Waals surface area contributed by atoms with Crippen LogP contribution in [0.3, 0.4) is 0 Å². The summed E-state index contributed by atoms with van der Waals surface area (Å²) in [5.41, 5.74) is -0.00617. The number of carbonyl (C=O) groups excluding carboxylic acids is 1. The second-order valence-electron chi connectivity index (χ2n) is 5.60. The second kappa shape index (κ2) is 3.48. The zero-order valence-corrected chi connectivity index (χ0v) is 10.6. The number of benzene rings is 1. The Morgan fingerprint density at radius 2 is 2.06 bits per heavy atom. The van der Waals surface area contributed by atoms with E-state index < -0.39 is 5.60 Å². The van der Waals surface area contributed by atoms with Crippen molar-refractivity contribution < 1.29 is 14.6 Å². The first kappa shape index (κ1) is 11.5. The van der Waals surface area contributed by atoms with Gasteiger partial charge in [-0.2, -0.15) is 0 Å². The minimum Gasteiger partial charge on any atom is -0.497 e. The maximum absolute atomic E-state index is 12.4. The number of aliphatic hydroxyl groups is 1. The number of hydrogen-bond acceptors (Lipinski definition) is 3. The highest BCUT2D eigenvalue weighted by molar-refractivity contribution is 5.99. The van der Waals surface area contributed by atoms with Crippen molar-refractivity contribution in [3.05, 3.63) is 24.3 Å². The molecule has 0 unspecified atom stereocenters. The molecule has 3 saturated carbocycles. The highest BCUT2D eigenvalue weighted by atomic mass is 16.5. The van der Waals surface area contributed by atoms with Crippen molar-refractivity contribution in [2.75, 3.05) is 19.1 Å². The normalized spacial score (nSPS) is 32.2. The predicted molar refractivity (Wildman–Crippen MR) is 67.6 cm³/mol. The molecule has 2 bridgehead atoms. The van der Waals surface area contributed by atoms with Crippen LogP contribution in [0.4, 0.5) is 5.69 Å². The Labute approximate surface area is 106 Å². The quantitative estimate of drug-likeness (QED) is 0.882. The van der Waals surface area contributed by atoms with Gasteiger partial charge in [-0.15, -0.1) is 0 Å². The van der Waals surface area contributed by atoms with Crippen LogP contribution in [0.5, 0.6) is 5.75 Å². The van der Waals surface area contributed by atoms with E-state index in [0.717, 1.165) is 11.4 Å². The molecule has 4 rings (SSSR count). The SMILES string of the molecule is COc1cccc(N(C)C(=O)C23CC(O)(C2)C3)c1. The van der Waals surface area contributed by atoms with Crippen molar-refractivity contribution in [1.29, 1.82) is 0 Å². The van der Waals surface area contributed by atoms with Crippen LogP contribution >= 0.6 is 0 Å². The number of hydrogen-bond donors (Lipinski definition) is 1. The van der Waals surface area contributed by atoms with E-state index in [1.54, 1.807) is 19.1 Å². The third-order valence-corrected chi connectivity index (χ3v) is 4.20. The van der Waals surface area contributed by atoms with Crippen molar-refractivity contribution in [1.82, 2.24) is 0 Å². The van der Waals surface area contributed by atoms with Gasteiger partial charge in [0, 0.05) is 18.8 Å². The van der Waals surface area contributed by atoms with Gasteiger partial charge in [-0.05, 0) is 31.4 Å². The Morgan fingerprint density at radius 3 is 2.61 bits per heavy atom. The molecule has 1 aromatic rings. The summed E-state index contributed by atoms with van der Waals surface area (Å²) in [5, 5.41) is 9.74. The standard InChI is InChI=1S/C14H17NO3/c1-15(10-4-3-5-11(6-10)18-2)12(16)13-7-14(17,8-13)9-13/h3-6,17H,7-9H2,1-2H3. The molecule has 1 N–H and O–H groups in total. The lowest BCUT2D eigenvalue weighted by Crippen LogP contribution is -2.72. The molecule has 0 spiro atoms. The van der Waals surface area contributed by atoms with Crippen molar-refractivity contribution in [2.24, 2.45) is 5.41 Å². The second-order valence-corrected chi connectivity index (χ2v) is 5.60. The topological polar surface area (TPSA) is 49.8 Å². The van der Waals surface area contributed by atoms with E-state index in [-0.39, 0.29) is 11.3 Å². The molecule has 0 heterocycles. The van der Waals surface area contributed by atoms with Gasteiger partial charge in [0.25, 0.3) is 0 Å². The molecule has 0 aromatic heterocycles. The fraction of sp³-hybridized carbons (Fsp3) is 0.500. The molecule has 4 nitrogen and oxygen atoms in total. The largest absolute Gasteiger partial charge is 0.497 e. The van der Waals surface area contributed by atoms with Gasteiger partial charge in [-0.1, -0.05) is 6.07 Å². The highest BCUT2D eigenvalue weighted by Gasteiger charge is 2.71. The molecule has 1 aromatic carbocycles. The average molecular weight is 247 g/mol. The molecule has 4 heteroatoms. The number of ether oxygens (including phenoxy) is 1. The van der Waals surface area contributed by atoms with Crippen molar-refractivity contribution >= 4 is 11.6 Å². The van der Waals surface area contributed by atoms with Crippen LogP contribution in [0.1, 0.15) is 19.3 Å². The fourth-order valence-corrected chi connectivity index (χ4v) is 3.25. The smallest absolute Gasteiger partial charge is 0.233 e. The Balaban J connectivity index is 1.78. The van der Waals surface area contributed by atoms with E-state index in [4.69, 9.17) is 4.74 Å². The molecule has 96 valence electrons. The van der Waals surface area contributed by atoms with Crippen molar-refractivity contribution in [2.45, 2.75) is 24.9 Å². The number of amides is 1. The van der Waals surface area contributed by atoms with E-state index in [1.165, 1.54) is 0 Å². The third kappa shape index (κ3) is 1.45. The zero-order valence-electron chi connectivity index (χ0n) is 10.6. The van der Waals surface area contributed by atoms with E-state index >= 15 is 0 Å². The zero-order chi connectivity index (χ0) is 13.0. The lowest BCUT2D eigenvalue weighted by Gasteiger charge is -2.66. The van der Waals surface area contributed by atoms with E-state index in [2.05, 4.69) is 0 Å². The summed E-state index contributed by atoms with van der Waals surface area (Å²) >= 11 is 0. The fourth-order valence-electron chi connectivity index (χ4n) is 3.25. The summed E-state index contributed by atoms with van der Waals surface area (Å²) in [7, 11) is 3.39. The monoisotopic (exact) mass is 247 g/mol. The van der Waals surface area contributed by atoms with Crippen molar-refractivity contribution in [3.63, 3.8) is 0 Å². The Hall–Kier alpha value is -1.55. The summed E-state index contributed by atoms with van der Waals surface area (Å²) < 4.78 is 5.16. The van der Waals surface area contributed by atoms with Gasteiger partial charge in [0.15, 0.2) is 0 Å². The van der Waals surface area contributed by atoms with Gasteiger partial charge >= 0.3 is 0 Å². The third-order valence-electron chi connectivity index (χ3n) is 4.20. The first-order chi connectivity index (χ1) is 8.48. The summed E-state index contributed by atoms with van der Waals surface area (Å²) in [6.45, 7) is 0. The van der Waals surface area contributed by atoms with Gasteiger partial charge < -0.3 is 14.7 Å².